The Morgan fingerprint density at radius 3 is 2.67 bits per heavy atom. The van der Waals surface area contributed by atoms with Gasteiger partial charge in [0.1, 0.15) is 0 Å². The van der Waals surface area contributed by atoms with Crippen LogP contribution in [-0.4, -0.2) is 22.6 Å². The summed E-state index contributed by atoms with van der Waals surface area (Å²) in [7, 11) is 0. The molecule has 1 saturated heterocycles. The molecule has 1 aliphatic heterocycles. The third kappa shape index (κ3) is 1.52. The number of hydrogen-bond donors (Lipinski definition) is 0. The molecule has 2 bridgehead atoms. The number of hydrogen-bond acceptors (Lipinski definition) is 4. The molecule has 2 unspecified atom stereocenters. The van der Waals surface area contributed by atoms with Crippen molar-refractivity contribution in [3.63, 3.8) is 0 Å². The van der Waals surface area contributed by atoms with Crippen molar-refractivity contribution in [2.45, 2.75) is 25.3 Å². The molecular formula is C14H15N3O. The van der Waals surface area contributed by atoms with Crippen LogP contribution in [0.3, 0.4) is 0 Å². The lowest BCUT2D eigenvalue weighted by molar-refractivity contribution is 0.546. The minimum absolute atomic E-state index is 0.676. The van der Waals surface area contributed by atoms with Gasteiger partial charge in [0, 0.05) is 36.1 Å². The molecule has 2 aromatic heterocycles. The van der Waals surface area contributed by atoms with Crippen LogP contribution in [0.5, 0.6) is 0 Å². The second-order valence-corrected chi connectivity index (χ2v) is 5.27. The van der Waals surface area contributed by atoms with Crippen molar-refractivity contribution in [2.75, 3.05) is 11.4 Å². The lowest BCUT2D eigenvalue weighted by Gasteiger charge is -2.26. The first-order valence-electron chi connectivity index (χ1n) is 6.51. The van der Waals surface area contributed by atoms with Gasteiger partial charge in [-0.05, 0) is 31.2 Å². The standard InChI is InChI=1S/C14H15N3O/c1-2-13-5-10(1)8-17(13)14-15-6-12(7-16-14)11-3-4-18-9-11/h3-4,6-7,9-10,13H,1-2,5,8H2. The van der Waals surface area contributed by atoms with Crippen LogP contribution in [0.2, 0.25) is 0 Å². The molecule has 2 aliphatic rings. The topological polar surface area (TPSA) is 42.2 Å². The van der Waals surface area contributed by atoms with Gasteiger partial charge >= 0.3 is 0 Å². The highest BCUT2D eigenvalue weighted by molar-refractivity contribution is 5.60. The Morgan fingerprint density at radius 2 is 2.06 bits per heavy atom. The molecule has 0 radical (unpaired) electrons. The quantitative estimate of drug-likeness (QED) is 0.810. The van der Waals surface area contributed by atoms with Crippen molar-refractivity contribution in [3.05, 3.63) is 31.0 Å². The normalized spacial score (nSPS) is 25.9. The van der Waals surface area contributed by atoms with Crippen LogP contribution in [0.25, 0.3) is 11.1 Å². The van der Waals surface area contributed by atoms with Crippen LogP contribution >= 0.6 is 0 Å². The van der Waals surface area contributed by atoms with Gasteiger partial charge in [-0.1, -0.05) is 0 Å². The van der Waals surface area contributed by atoms with Crippen molar-refractivity contribution >= 4 is 5.95 Å². The molecular weight excluding hydrogens is 226 g/mol. The Morgan fingerprint density at radius 1 is 1.17 bits per heavy atom. The van der Waals surface area contributed by atoms with Crippen molar-refractivity contribution in [3.8, 4) is 11.1 Å². The third-order valence-electron chi connectivity index (χ3n) is 4.16. The molecule has 3 heterocycles. The average molecular weight is 241 g/mol. The van der Waals surface area contributed by atoms with E-state index in [2.05, 4.69) is 14.9 Å². The van der Waals surface area contributed by atoms with E-state index in [-0.39, 0.29) is 0 Å². The summed E-state index contributed by atoms with van der Waals surface area (Å²) in [4.78, 5) is 11.4. The maximum Gasteiger partial charge on any atom is 0.225 e. The van der Waals surface area contributed by atoms with Gasteiger partial charge in [-0.3, -0.25) is 0 Å². The van der Waals surface area contributed by atoms with Gasteiger partial charge in [-0.2, -0.15) is 0 Å². The van der Waals surface area contributed by atoms with Gasteiger partial charge in [0.2, 0.25) is 5.95 Å². The fourth-order valence-electron chi connectivity index (χ4n) is 3.22. The van der Waals surface area contributed by atoms with Crippen molar-refractivity contribution in [1.82, 2.24) is 9.97 Å². The second-order valence-electron chi connectivity index (χ2n) is 5.27. The summed E-state index contributed by atoms with van der Waals surface area (Å²) in [5, 5.41) is 0. The monoisotopic (exact) mass is 241 g/mol. The summed E-state index contributed by atoms with van der Waals surface area (Å²) in [5.74, 6) is 1.75. The molecule has 0 N–H and O–H groups in total. The number of furan rings is 1. The number of fused-ring (bicyclic) bond motifs is 2. The Bertz CT molecular complexity index is 535. The van der Waals surface area contributed by atoms with E-state index in [0.29, 0.717) is 6.04 Å². The highest BCUT2D eigenvalue weighted by Gasteiger charge is 2.38. The molecule has 1 saturated carbocycles. The van der Waals surface area contributed by atoms with Gasteiger partial charge in [0.05, 0.1) is 12.5 Å². The van der Waals surface area contributed by atoms with E-state index in [9.17, 15) is 0 Å². The summed E-state index contributed by atoms with van der Waals surface area (Å²) in [6.07, 6.45) is 11.2. The molecule has 2 atom stereocenters. The number of piperidine rings is 1. The van der Waals surface area contributed by atoms with Gasteiger partial charge in [0.25, 0.3) is 0 Å². The minimum atomic E-state index is 0.676. The maximum atomic E-state index is 5.07. The van der Waals surface area contributed by atoms with Crippen LogP contribution < -0.4 is 4.90 Å². The largest absolute Gasteiger partial charge is 0.472 e. The van der Waals surface area contributed by atoms with E-state index in [1.54, 1.807) is 12.5 Å². The Labute approximate surface area is 106 Å². The van der Waals surface area contributed by atoms with Gasteiger partial charge < -0.3 is 9.32 Å². The van der Waals surface area contributed by atoms with Gasteiger partial charge in [-0.15, -0.1) is 0 Å². The van der Waals surface area contributed by atoms with E-state index in [0.717, 1.165) is 29.5 Å². The SMILES string of the molecule is c1cc(-c2cnc(N3CC4CCC3C4)nc2)co1. The molecule has 2 fully saturated rings. The zero-order chi connectivity index (χ0) is 11.9. The number of anilines is 1. The molecule has 0 amide bonds. The predicted octanol–water partition coefficient (Wildman–Crippen LogP) is 2.73. The van der Waals surface area contributed by atoms with Gasteiger partial charge in [-0.25, -0.2) is 9.97 Å². The highest BCUT2D eigenvalue weighted by Crippen LogP contribution is 2.38. The molecule has 2 aromatic rings. The Kier molecular flexibility index (Phi) is 2.15. The number of rotatable bonds is 2. The molecule has 1 aliphatic carbocycles. The lowest BCUT2D eigenvalue weighted by Crippen LogP contribution is -2.33. The molecule has 92 valence electrons. The smallest absolute Gasteiger partial charge is 0.225 e. The number of nitrogens with zero attached hydrogens (tertiary/aromatic N) is 3. The van der Waals surface area contributed by atoms with Crippen molar-refractivity contribution < 1.29 is 4.42 Å². The van der Waals surface area contributed by atoms with E-state index < -0.39 is 0 Å². The van der Waals surface area contributed by atoms with Crippen molar-refractivity contribution in [1.29, 1.82) is 0 Å². The van der Waals surface area contributed by atoms with Crippen LogP contribution in [0.4, 0.5) is 5.95 Å². The summed E-state index contributed by atoms with van der Waals surface area (Å²) >= 11 is 0. The first kappa shape index (κ1) is 10.1. The van der Waals surface area contributed by atoms with Crippen LogP contribution in [-0.2, 0) is 0 Å². The highest BCUT2D eigenvalue weighted by atomic mass is 16.3. The summed E-state index contributed by atoms with van der Waals surface area (Å²) in [6.45, 7) is 1.13. The molecule has 0 aromatic carbocycles. The maximum absolute atomic E-state index is 5.07. The molecule has 18 heavy (non-hydrogen) atoms. The minimum Gasteiger partial charge on any atom is -0.472 e. The molecule has 4 nitrogen and oxygen atoms in total. The van der Waals surface area contributed by atoms with E-state index in [1.807, 2.05) is 18.5 Å². The Balaban J connectivity index is 1.60. The summed E-state index contributed by atoms with van der Waals surface area (Å²) in [5.41, 5.74) is 2.04. The van der Waals surface area contributed by atoms with Crippen LogP contribution in [0.15, 0.2) is 35.4 Å². The first-order valence-corrected chi connectivity index (χ1v) is 6.51. The Hall–Kier alpha value is -1.84. The number of aromatic nitrogens is 2. The van der Waals surface area contributed by atoms with Crippen molar-refractivity contribution in [2.24, 2.45) is 5.92 Å². The van der Waals surface area contributed by atoms with E-state index in [4.69, 9.17) is 4.42 Å². The summed E-state index contributed by atoms with van der Waals surface area (Å²) < 4.78 is 5.07. The van der Waals surface area contributed by atoms with Gasteiger partial charge in [0.15, 0.2) is 0 Å². The fourth-order valence-corrected chi connectivity index (χ4v) is 3.22. The lowest BCUT2D eigenvalue weighted by atomic mass is 10.1. The summed E-state index contributed by atoms with van der Waals surface area (Å²) in [6, 6.07) is 2.60. The second kappa shape index (κ2) is 3.83. The molecule has 4 heteroatoms. The third-order valence-corrected chi connectivity index (χ3v) is 4.16. The van der Waals surface area contributed by atoms with E-state index in [1.165, 1.54) is 19.3 Å². The zero-order valence-corrected chi connectivity index (χ0v) is 10.1. The first-order chi connectivity index (χ1) is 8.90. The zero-order valence-electron chi connectivity index (χ0n) is 10.1. The molecule has 4 rings (SSSR count). The fraction of sp³-hybridized carbons (Fsp3) is 0.429. The average Bonchev–Trinajstić information content (AvgIpc) is 3.16. The van der Waals surface area contributed by atoms with E-state index >= 15 is 0 Å². The predicted molar refractivity (Wildman–Crippen MR) is 68.2 cm³/mol. The van der Waals surface area contributed by atoms with Crippen LogP contribution in [0, 0.1) is 5.92 Å². The molecule has 0 spiro atoms. The van der Waals surface area contributed by atoms with Crippen LogP contribution in [0.1, 0.15) is 19.3 Å².